The monoisotopic (exact) mass is 359 g/mol. The lowest BCUT2D eigenvalue weighted by molar-refractivity contribution is 0.288. The molecule has 2 aromatic heterocycles. The molecule has 0 radical (unpaired) electrons. The normalized spacial score (nSPS) is 14.4. The van der Waals surface area contributed by atoms with Crippen molar-refractivity contribution in [2.75, 3.05) is 13.7 Å². The first-order valence-corrected chi connectivity index (χ1v) is 9.54. The summed E-state index contributed by atoms with van der Waals surface area (Å²) in [5.41, 5.74) is 1.12. The van der Waals surface area contributed by atoms with Crippen molar-refractivity contribution in [1.29, 1.82) is 0 Å². The Kier molecular flexibility index (Phi) is 6.22. The van der Waals surface area contributed by atoms with Crippen LogP contribution in [-0.4, -0.2) is 29.6 Å². The van der Waals surface area contributed by atoms with E-state index in [1.54, 1.807) is 24.6 Å². The van der Waals surface area contributed by atoms with Gasteiger partial charge >= 0.3 is 0 Å². The highest BCUT2D eigenvalue weighted by Crippen LogP contribution is 2.29. The molecule has 0 amide bonds. The van der Waals surface area contributed by atoms with Crippen LogP contribution in [0.2, 0.25) is 0 Å². The molecule has 3 rings (SSSR count). The van der Waals surface area contributed by atoms with E-state index in [0.717, 1.165) is 35.5 Å². The third-order valence-electron chi connectivity index (χ3n) is 4.00. The minimum Gasteiger partial charge on any atom is -0.477 e. The third-order valence-corrected chi connectivity index (χ3v) is 5.15. The standard InChI is InChI=1S/C18H25N5OS/c1-3-15-10-21-17(25-15)11-23-18(19-2)22-9-14-6-7-20-16(8-14)24-12-13-4-5-13/h6-8,10,13H,3-5,9,11-12H2,1-2H3,(H2,19,22,23). The van der Waals surface area contributed by atoms with E-state index < -0.39 is 0 Å². The molecule has 1 fully saturated rings. The first kappa shape index (κ1) is 17.7. The molecule has 0 saturated heterocycles. The Morgan fingerprint density at radius 2 is 2.16 bits per heavy atom. The van der Waals surface area contributed by atoms with Crippen LogP contribution in [0.15, 0.2) is 29.5 Å². The molecule has 25 heavy (non-hydrogen) atoms. The fourth-order valence-corrected chi connectivity index (χ4v) is 3.09. The van der Waals surface area contributed by atoms with Crippen LogP contribution >= 0.6 is 11.3 Å². The second-order valence-corrected chi connectivity index (χ2v) is 7.31. The van der Waals surface area contributed by atoms with E-state index >= 15 is 0 Å². The number of hydrogen-bond donors (Lipinski definition) is 2. The highest BCUT2D eigenvalue weighted by atomic mass is 32.1. The molecule has 0 unspecified atom stereocenters. The predicted octanol–water partition coefficient (Wildman–Crippen LogP) is 2.75. The summed E-state index contributed by atoms with van der Waals surface area (Å²) in [6.07, 6.45) is 7.32. The van der Waals surface area contributed by atoms with Crippen molar-refractivity contribution in [2.45, 2.75) is 39.3 Å². The number of rotatable bonds is 8. The molecule has 0 atom stereocenters. The van der Waals surface area contributed by atoms with Crippen LogP contribution < -0.4 is 15.4 Å². The molecule has 0 aromatic carbocycles. The fraction of sp³-hybridized carbons (Fsp3) is 0.500. The van der Waals surface area contributed by atoms with Gasteiger partial charge in [0.05, 0.1) is 13.2 Å². The average molecular weight is 359 g/mol. The van der Waals surface area contributed by atoms with E-state index in [1.807, 2.05) is 18.3 Å². The summed E-state index contributed by atoms with van der Waals surface area (Å²) in [6.45, 7) is 4.26. The van der Waals surface area contributed by atoms with Gasteiger partial charge in [0.2, 0.25) is 5.88 Å². The zero-order chi connectivity index (χ0) is 17.5. The van der Waals surface area contributed by atoms with E-state index in [2.05, 4.69) is 32.5 Å². The van der Waals surface area contributed by atoms with Gasteiger partial charge in [-0.1, -0.05) is 6.92 Å². The van der Waals surface area contributed by atoms with Crippen LogP contribution in [0.5, 0.6) is 5.88 Å². The molecule has 1 aliphatic carbocycles. The molecule has 2 aromatic rings. The van der Waals surface area contributed by atoms with Crippen LogP contribution in [0.4, 0.5) is 0 Å². The Bertz CT molecular complexity index is 711. The SMILES string of the molecule is CCc1cnc(CNC(=NC)NCc2ccnc(OCC3CC3)c2)s1. The van der Waals surface area contributed by atoms with Crippen molar-refractivity contribution in [3.05, 3.63) is 40.0 Å². The number of aromatic nitrogens is 2. The molecule has 134 valence electrons. The smallest absolute Gasteiger partial charge is 0.213 e. The van der Waals surface area contributed by atoms with E-state index in [4.69, 9.17) is 4.74 Å². The average Bonchev–Trinajstić information content (AvgIpc) is 3.37. The van der Waals surface area contributed by atoms with Crippen LogP contribution in [0.3, 0.4) is 0 Å². The summed E-state index contributed by atoms with van der Waals surface area (Å²) in [5.74, 6) is 2.18. The predicted molar refractivity (Wildman–Crippen MR) is 101 cm³/mol. The number of pyridine rings is 1. The summed E-state index contributed by atoms with van der Waals surface area (Å²) in [6, 6.07) is 3.97. The van der Waals surface area contributed by atoms with E-state index in [0.29, 0.717) is 19.0 Å². The van der Waals surface area contributed by atoms with Crippen LogP contribution in [0.1, 0.15) is 35.2 Å². The molecule has 2 heterocycles. The number of hydrogen-bond acceptors (Lipinski definition) is 5. The lowest BCUT2D eigenvalue weighted by Crippen LogP contribution is -2.36. The highest BCUT2D eigenvalue weighted by molar-refractivity contribution is 7.11. The zero-order valence-electron chi connectivity index (χ0n) is 14.8. The minimum atomic E-state index is 0.667. The number of ether oxygens (including phenoxy) is 1. The molecular weight excluding hydrogens is 334 g/mol. The molecule has 0 bridgehead atoms. The third kappa shape index (κ3) is 5.70. The molecule has 1 saturated carbocycles. The Hall–Kier alpha value is -2.15. The zero-order valence-corrected chi connectivity index (χ0v) is 15.6. The number of nitrogens with one attached hydrogen (secondary N) is 2. The second-order valence-electron chi connectivity index (χ2n) is 6.11. The number of guanidine groups is 1. The van der Waals surface area contributed by atoms with Gasteiger partial charge in [-0.3, -0.25) is 4.99 Å². The molecule has 1 aliphatic rings. The maximum absolute atomic E-state index is 5.73. The first-order chi connectivity index (χ1) is 12.3. The summed E-state index contributed by atoms with van der Waals surface area (Å²) >= 11 is 1.73. The summed E-state index contributed by atoms with van der Waals surface area (Å²) in [5, 5.41) is 7.68. The Balaban J connectivity index is 1.46. The van der Waals surface area contributed by atoms with Gasteiger partial charge in [0, 0.05) is 36.9 Å². The lowest BCUT2D eigenvalue weighted by atomic mass is 10.2. The van der Waals surface area contributed by atoms with Crippen molar-refractivity contribution in [2.24, 2.45) is 10.9 Å². The Morgan fingerprint density at radius 1 is 1.32 bits per heavy atom. The van der Waals surface area contributed by atoms with E-state index in [9.17, 15) is 0 Å². The summed E-state index contributed by atoms with van der Waals surface area (Å²) < 4.78 is 5.73. The molecule has 0 aliphatic heterocycles. The number of nitrogens with zero attached hydrogens (tertiary/aromatic N) is 3. The fourth-order valence-electron chi connectivity index (χ4n) is 2.29. The maximum Gasteiger partial charge on any atom is 0.213 e. The maximum atomic E-state index is 5.73. The van der Waals surface area contributed by atoms with Crippen molar-refractivity contribution < 1.29 is 4.74 Å². The molecule has 0 spiro atoms. The summed E-state index contributed by atoms with van der Waals surface area (Å²) in [7, 11) is 1.77. The van der Waals surface area contributed by atoms with Crippen LogP contribution in [0, 0.1) is 5.92 Å². The Morgan fingerprint density at radius 3 is 2.88 bits per heavy atom. The molecule has 2 N–H and O–H groups in total. The van der Waals surface area contributed by atoms with Crippen LogP contribution in [-0.2, 0) is 19.5 Å². The van der Waals surface area contributed by atoms with Crippen molar-refractivity contribution in [3.63, 3.8) is 0 Å². The topological polar surface area (TPSA) is 71.4 Å². The van der Waals surface area contributed by atoms with E-state index in [-0.39, 0.29) is 0 Å². The van der Waals surface area contributed by atoms with Gasteiger partial charge in [-0.05, 0) is 36.8 Å². The van der Waals surface area contributed by atoms with Gasteiger partial charge in [0.25, 0.3) is 0 Å². The number of aryl methyl sites for hydroxylation is 1. The quantitative estimate of drug-likeness (QED) is 0.560. The van der Waals surface area contributed by atoms with Gasteiger partial charge in [-0.25, -0.2) is 9.97 Å². The second kappa shape index (κ2) is 8.80. The van der Waals surface area contributed by atoms with Gasteiger partial charge in [0.1, 0.15) is 5.01 Å². The largest absolute Gasteiger partial charge is 0.477 e. The number of thiazole rings is 1. The minimum absolute atomic E-state index is 0.667. The van der Waals surface area contributed by atoms with Gasteiger partial charge in [-0.15, -0.1) is 11.3 Å². The van der Waals surface area contributed by atoms with Crippen molar-refractivity contribution >= 4 is 17.3 Å². The van der Waals surface area contributed by atoms with Crippen molar-refractivity contribution in [1.82, 2.24) is 20.6 Å². The Labute approximate surface area is 152 Å². The summed E-state index contributed by atoms with van der Waals surface area (Å²) in [4.78, 5) is 14.2. The van der Waals surface area contributed by atoms with Gasteiger partial charge in [0.15, 0.2) is 5.96 Å². The van der Waals surface area contributed by atoms with Crippen molar-refractivity contribution in [3.8, 4) is 5.88 Å². The first-order valence-electron chi connectivity index (χ1n) is 8.72. The molecule has 6 nitrogen and oxygen atoms in total. The number of aliphatic imine (C=N–C) groups is 1. The molecule has 7 heteroatoms. The highest BCUT2D eigenvalue weighted by Gasteiger charge is 2.22. The van der Waals surface area contributed by atoms with E-state index in [1.165, 1.54) is 17.7 Å². The van der Waals surface area contributed by atoms with Crippen LogP contribution in [0.25, 0.3) is 0 Å². The molecular formula is C18H25N5OS. The van der Waals surface area contributed by atoms with Gasteiger partial charge in [-0.2, -0.15) is 0 Å². The lowest BCUT2D eigenvalue weighted by Gasteiger charge is -2.11. The van der Waals surface area contributed by atoms with Gasteiger partial charge < -0.3 is 15.4 Å².